The Hall–Kier alpha value is -0.570. The summed E-state index contributed by atoms with van der Waals surface area (Å²) >= 11 is 0. The molecule has 1 saturated carbocycles. The van der Waals surface area contributed by atoms with Crippen molar-refractivity contribution in [3.05, 3.63) is 0 Å². The van der Waals surface area contributed by atoms with Gasteiger partial charge in [-0.1, -0.05) is 149 Å². The SMILES string of the molecule is CCCCCCCCCC(CCCCCCCC1CC1CCCCCCCC)N(C(=O)CC)N(C)C. The lowest BCUT2D eigenvalue weighted by atomic mass is 9.98. The molecule has 0 aromatic rings. The fraction of sp³-hybridized carbons (Fsp3) is 0.970. The molecule has 3 unspecified atom stereocenters. The number of carbonyl (C=O) groups is 1. The molecule has 0 aromatic carbocycles. The zero-order valence-corrected chi connectivity index (χ0v) is 25.5. The number of nitrogens with zero attached hydrogens (tertiary/aromatic N) is 2. The molecule has 1 aliphatic rings. The van der Waals surface area contributed by atoms with Crippen LogP contribution in [0.4, 0.5) is 0 Å². The molecule has 0 radical (unpaired) electrons. The molecule has 0 N–H and O–H groups in total. The van der Waals surface area contributed by atoms with Crippen LogP contribution < -0.4 is 0 Å². The molecule has 36 heavy (non-hydrogen) atoms. The first kappa shape index (κ1) is 33.5. The summed E-state index contributed by atoms with van der Waals surface area (Å²) < 4.78 is 0. The second-order valence-corrected chi connectivity index (χ2v) is 12.2. The average Bonchev–Trinajstić information content (AvgIpc) is 3.62. The predicted molar refractivity (Wildman–Crippen MR) is 159 cm³/mol. The van der Waals surface area contributed by atoms with E-state index in [1.807, 2.05) is 21.0 Å². The normalized spacial score (nSPS) is 18.1. The quantitative estimate of drug-likeness (QED) is 0.0860. The molecule has 3 nitrogen and oxygen atoms in total. The molecule has 0 aliphatic heterocycles. The van der Waals surface area contributed by atoms with Crippen LogP contribution in [0.2, 0.25) is 0 Å². The molecule has 0 spiro atoms. The standard InChI is InChI=1S/C33H66N2O/c1-6-9-11-13-15-19-23-27-32(35(34(4)5)33(36)8-3)28-24-20-16-18-22-26-31-29-30(31)25-21-17-14-12-10-7-2/h30-32H,6-29H2,1-5H3. The van der Waals surface area contributed by atoms with Gasteiger partial charge in [-0.25, -0.2) is 5.01 Å². The largest absolute Gasteiger partial charge is 0.273 e. The van der Waals surface area contributed by atoms with E-state index in [2.05, 4.69) is 23.9 Å². The second kappa shape index (κ2) is 22.4. The highest BCUT2D eigenvalue weighted by atomic mass is 16.2. The zero-order valence-electron chi connectivity index (χ0n) is 25.5. The van der Waals surface area contributed by atoms with E-state index < -0.39 is 0 Å². The first-order chi connectivity index (χ1) is 17.5. The number of unbranched alkanes of at least 4 members (excludes halogenated alkanes) is 15. The van der Waals surface area contributed by atoms with E-state index in [0.29, 0.717) is 12.5 Å². The van der Waals surface area contributed by atoms with Crippen molar-refractivity contribution >= 4 is 5.91 Å². The summed E-state index contributed by atoms with van der Waals surface area (Å²) in [6.45, 7) is 6.59. The Bertz CT molecular complexity index is 506. The van der Waals surface area contributed by atoms with Crippen molar-refractivity contribution in [2.24, 2.45) is 11.8 Å². The third kappa shape index (κ3) is 16.3. The van der Waals surface area contributed by atoms with Gasteiger partial charge in [-0.15, -0.1) is 0 Å². The summed E-state index contributed by atoms with van der Waals surface area (Å²) in [7, 11) is 4.09. The van der Waals surface area contributed by atoms with Gasteiger partial charge in [0.2, 0.25) is 5.91 Å². The van der Waals surface area contributed by atoms with Crippen LogP contribution in [-0.4, -0.2) is 36.1 Å². The van der Waals surface area contributed by atoms with Gasteiger partial charge in [0.05, 0.1) is 0 Å². The van der Waals surface area contributed by atoms with Crippen molar-refractivity contribution in [3.63, 3.8) is 0 Å². The lowest BCUT2D eigenvalue weighted by Crippen LogP contribution is -2.48. The molecular formula is C33H66N2O. The van der Waals surface area contributed by atoms with Crippen LogP contribution in [0.25, 0.3) is 0 Å². The fourth-order valence-electron chi connectivity index (χ4n) is 6.16. The number of hydrogen-bond acceptors (Lipinski definition) is 2. The van der Waals surface area contributed by atoms with E-state index in [0.717, 1.165) is 11.8 Å². The lowest BCUT2D eigenvalue weighted by molar-refractivity contribution is -0.150. The van der Waals surface area contributed by atoms with Crippen molar-refractivity contribution in [2.75, 3.05) is 14.1 Å². The maximum Gasteiger partial charge on any atom is 0.236 e. The number of rotatable bonds is 26. The minimum atomic E-state index is 0.285. The smallest absolute Gasteiger partial charge is 0.236 e. The van der Waals surface area contributed by atoms with Crippen molar-refractivity contribution in [2.45, 2.75) is 181 Å². The monoisotopic (exact) mass is 507 g/mol. The molecule has 1 amide bonds. The Morgan fingerprint density at radius 1 is 0.611 bits per heavy atom. The van der Waals surface area contributed by atoms with Gasteiger partial charge in [-0.3, -0.25) is 9.80 Å². The van der Waals surface area contributed by atoms with Crippen molar-refractivity contribution < 1.29 is 4.79 Å². The minimum absolute atomic E-state index is 0.285. The first-order valence-corrected chi connectivity index (χ1v) is 16.5. The van der Waals surface area contributed by atoms with Crippen molar-refractivity contribution in [1.29, 1.82) is 0 Å². The van der Waals surface area contributed by atoms with Gasteiger partial charge in [0.15, 0.2) is 0 Å². The highest BCUT2D eigenvalue weighted by molar-refractivity contribution is 5.75. The van der Waals surface area contributed by atoms with Crippen molar-refractivity contribution in [1.82, 2.24) is 10.0 Å². The lowest BCUT2D eigenvalue weighted by Gasteiger charge is -2.36. The van der Waals surface area contributed by atoms with E-state index in [1.54, 1.807) is 0 Å². The van der Waals surface area contributed by atoms with Crippen LogP contribution in [0.3, 0.4) is 0 Å². The minimum Gasteiger partial charge on any atom is -0.273 e. The van der Waals surface area contributed by atoms with E-state index in [1.165, 1.54) is 148 Å². The summed E-state index contributed by atoms with van der Waals surface area (Å²) in [5.74, 6) is 2.44. The number of hydrazine groups is 1. The molecule has 3 atom stereocenters. The molecule has 0 saturated heterocycles. The number of hydrogen-bond donors (Lipinski definition) is 0. The summed E-state index contributed by atoms with van der Waals surface area (Å²) in [6.07, 6.45) is 32.4. The fourth-order valence-corrected chi connectivity index (χ4v) is 6.16. The predicted octanol–water partition coefficient (Wildman–Crippen LogP) is 10.3. The Kier molecular flexibility index (Phi) is 20.8. The number of amides is 1. The van der Waals surface area contributed by atoms with Crippen molar-refractivity contribution in [3.8, 4) is 0 Å². The topological polar surface area (TPSA) is 23.6 Å². The van der Waals surface area contributed by atoms with Crippen LogP contribution in [-0.2, 0) is 4.79 Å². The van der Waals surface area contributed by atoms with Gasteiger partial charge < -0.3 is 0 Å². The maximum atomic E-state index is 12.7. The molecular weight excluding hydrogens is 440 g/mol. The average molecular weight is 507 g/mol. The van der Waals surface area contributed by atoms with E-state index in [4.69, 9.17) is 0 Å². The van der Waals surface area contributed by atoms with Gasteiger partial charge in [0.1, 0.15) is 0 Å². The highest BCUT2D eigenvalue weighted by Crippen LogP contribution is 2.45. The molecule has 0 bridgehead atoms. The Morgan fingerprint density at radius 2 is 1.00 bits per heavy atom. The summed E-state index contributed by atoms with van der Waals surface area (Å²) in [4.78, 5) is 12.7. The molecule has 0 aromatic heterocycles. The summed E-state index contributed by atoms with van der Waals surface area (Å²) in [6, 6.07) is 0.386. The van der Waals surface area contributed by atoms with Crippen LogP contribution in [0, 0.1) is 11.8 Å². The van der Waals surface area contributed by atoms with E-state index >= 15 is 0 Å². The highest BCUT2D eigenvalue weighted by Gasteiger charge is 2.35. The summed E-state index contributed by atoms with van der Waals surface area (Å²) in [5, 5.41) is 4.13. The number of carbonyl (C=O) groups excluding carboxylic acids is 1. The van der Waals surface area contributed by atoms with Gasteiger partial charge >= 0.3 is 0 Å². The molecule has 214 valence electrons. The van der Waals surface area contributed by atoms with Crippen LogP contribution in [0.1, 0.15) is 175 Å². The zero-order chi connectivity index (χ0) is 26.4. The Labute approximate surface area is 227 Å². The third-order valence-corrected chi connectivity index (χ3v) is 8.59. The molecule has 0 heterocycles. The van der Waals surface area contributed by atoms with E-state index in [9.17, 15) is 4.79 Å². The van der Waals surface area contributed by atoms with Gasteiger partial charge in [0.25, 0.3) is 0 Å². The van der Waals surface area contributed by atoms with Crippen LogP contribution >= 0.6 is 0 Å². The maximum absolute atomic E-state index is 12.7. The molecule has 3 heteroatoms. The molecule has 1 fully saturated rings. The first-order valence-electron chi connectivity index (χ1n) is 16.5. The molecule has 1 aliphatic carbocycles. The van der Waals surface area contributed by atoms with E-state index in [-0.39, 0.29) is 5.91 Å². The summed E-state index contributed by atoms with van der Waals surface area (Å²) in [5.41, 5.74) is 0. The second-order valence-electron chi connectivity index (χ2n) is 12.2. The third-order valence-electron chi connectivity index (χ3n) is 8.59. The Morgan fingerprint density at radius 3 is 1.39 bits per heavy atom. The van der Waals surface area contributed by atoms with Gasteiger partial charge in [-0.05, 0) is 31.1 Å². The van der Waals surface area contributed by atoms with Crippen LogP contribution in [0.15, 0.2) is 0 Å². The van der Waals surface area contributed by atoms with Gasteiger partial charge in [-0.2, -0.15) is 0 Å². The van der Waals surface area contributed by atoms with Gasteiger partial charge in [0, 0.05) is 26.6 Å². The Balaban J connectivity index is 2.17. The molecule has 1 rings (SSSR count). The van der Waals surface area contributed by atoms with Crippen LogP contribution in [0.5, 0.6) is 0 Å².